The summed E-state index contributed by atoms with van der Waals surface area (Å²) in [7, 11) is 0. The Hall–Kier alpha value is -1.60. The molecule has 1 aliphatic carbocycles. The molecule has 0 amide bonds. The Morgan fingerprint density at radius 3 is 2.44 bits per heavy atom. The van der Waals surface area contributed by atoms with E-state index < -0.39 is 0 Å². The average Bonchev–Trinajstić information content (AvgIpc) is 3.49. The normalized spacial score (nSPS) is 15.2. The summed E-state index contributed by atoms with van der Waals surface area (Å²) in [6.07, 6.45) is 9.03. The molecule has 3 rings (SSSR count). The maximum absolute atomic E-state index is 5.91. The van der Waals surface area contributed by atoms with Crippen LogP contribution < -0.4 is 0 Å². The fourth-order valence-corrected chi connectivity index (χ4v) is 4.06. The van der Waals surface area contributed by atoms with Crippen LogP contribution in [0.1, 0.15) is 78.2 Å². The van der Waals surface area contributed by atoms with Crippen LogP contribution in [0, 0.1) is 5.92 Å². The van der Waals surface area contributed by atoms with E-state index in [4.69, 9.17) is 4.74 Å². The molecule has 0 aromatic heterocycles. The summed E-state index contributed by atoms with van der Waals surface area (Å²) >= 11 is 0. The van der Waals surface area contributed by atoms with Gasteiger partial charge in [-0.3, -0.25) is 0 Å². The quantitative estimate of drug-likeness (QED) is 0.391. The SMILES string of the molecule is CCOC(C)(C)C(C)CCCCCC(=C1CC1)c1ccc2ccccc2c1. The van der Waals surface area contributed by atoms with E-state index in [2.05, 4.69) is 70.2 Å². The summed E-state index contributed by atoms with van der Waals surface area (Å²) in [5, 5.41) is 2.70. The summed E-state index contributed by atoms with van der Waals surface area (Å²) < 4.78 is 5.91. The predicted octanol–water partition coefficient (Wildman–Crippen LogP) is 7.79. The highest BCUT2D eigenvalue weighted by Gasteiger charge is 2.25. The summed E-state index contributed by atoms with van der Waals surface area (Å²) in [5.74, 6) is 0.610. The largest absolute Gasteiger partial charge is 0.376 e. The Bertz CT molecular complexity index is 778. The minimum Gasteiger partial charge on any atom is -0.376 e. The molecule has 0 radical (unpaired) electrons. The van der Waals surface area contributed by atoms with Gasteiger partial charge in [0.05, 0.1) is 5.60 Å². The average molecular weight is 365 g/mol. The van der Waals surface area contributed by atoms with Crippen molar-refractivity contribution in [3.05, 3.63) is 53.6 Å². The van der Waals surface area contributed by atoms with Gasteiger partial charge in [0.25, 0.3) is 0 Å². The van der Waals surface area contributed by atoms with Crippen molar-refractivity contribution < 1.29 is 4.74 Å². The minimum absolute atomic E-state index is 0.000987. The van der Waals surface area contributed by atoms with E-state index in [0.29, 0.717) is 5.92 Å². The van der Waals surface area contributed by atoms with Crippen molar-refractivity contribution in [2.75, 3.05) is 6.61 Å². The van der Waals surface area contributed by atoms with E-state index >= 15 is 0 Å². The van der Waals surface area contributed by atoms with Crippen molar-refractivity contribution in [3.63, 3.8) is 0 Å². The van der Waals surface area contributed by atoms with Gasteiger partial charge in [0.2, 0.25) is 0 Å². The molecule has 0 bridgehead atoms. The molecule has 1 saturated carbocycles. The molecule has 27 heavy (non-hydrogen) atoms. The first-order valence-corrected chi connectivity index (χ1v) is 10.9. The molecule has 0 aliphatic heterocycles. The standard InChI is InChI=1S/C26H36O/c1-5-27-26(3,4)20(2)11-7-6-8-14-25(22-16-17-22)24-18-15-21-12-9-10-13-23(21)19-24/h9-10,12-13,15,18-20H,5-8,11,14,16-17H2,1-4H3. The molecule has 1 heteroatoms. The van der Waals surface area contributed by atoms with Gasteiger partial charge in [0, 0.05) is 6.61 Å². The Morgan fingerprint density at radius 1 is 1.00 bits per heavy atom. The van der Waals surface area contributed by atoms with Gasteiger partial charge in [-0.1, -0.05) is 61.7 Å². The van der Waals surface area contributed by atoms with Gasteiger partial charge in [-0.25, -0.2) is 0 Å². The number of allylic oxidation sites excluding steroid dienone is 2. The van der Waals surface area contributed by atoms with Crippen LogP contribution in [0.25, 0.3) is 16.3 Å². The zero-order chi connectivity index (χ0) is 19.3. The molecule has 1 unspecified atom stereocenters. The molecule has 1 aliphatic rings. The lowest BCUT2D eigenvalue weighted by molar-refractivity contribution is -0.0518. The third-order valence-electron chi connectivity index (χ3n) is 6.29. The summed E-state index contributed by atoms with van der Waals surface area (Å²) in [5.41, 5.74) is 4.77. The Balaban J connectivity index is 1.52. The molecular formula is C26H36O. The number of benzene rings is 2. The lowest BCUT2D eigenvalue weighted by Gasteiger charge is -2.31. The first-order chi connectivity index (χ1) is 13.0. The monoisotopic (exact) mass is 364 g/mol. The number of unbranched alkanes of at least 4 members (excludes halogenated alkanes) is 2. The molecule has 0 heterocycles. The fraction of sp³-hybridized carbons (Fsp3) is 0.538. The number of ether oxygens (including phenoxy) is 1. The van der Waals surface area contributed by atoms with Crippen LogP contribution in [0.4, 0.5) is 0 Å². The summed E-state index contributed by atoms with van der Waals surface area (Å²) in [6.45, 7) is 9.70. The lowest BCUT2D eigenvalue weighted by Crippen LogP contribution is -2.32. The van der Waals surface area contributed by atoms with E-state index in [0.717, 1.165) is 6.61 Å². The van der Waals surface area contributed by atoms with Crippen LogP contribution in [0.2, 0.25) is 0 Å². The molecule has 2 aromatic rings. The number of fused-ring (bicyclic) bond motifs is 1. The van der Waals surface area contributed by atoms with E-state index in [1.54, 1.807) is 11.1 Å². The van der Waals surface area contributed by atoms with Crippen LogP contribution in [0.5, 0.6) is 0 Å². The fourth-order valence-electron chi connectivity index (χ4n) is 4.06. The highest BCUT2D eigenvalue weighted by atomic mass is 16.5. The molecule has 146 valence electrons. The predicted molar refractivity (Wildman–Crippen MR) is 118 cm³/mol. The van der Waals surface area contributed by atoms with Crippen LogP contribution >= 0.6 is 0 Å². The van der Waals surface area contributed by atoms with Crippen LogP contribution in [-0.2, 0) is 4.74 Å². The first kappa shape index (κ1) is 20.1. The Morgan fingerprint density at radius 2 is 1.74 bits per heavy atom. The second kappa shape index (κ2) is 9.06. The summed E-state index contributed by atoms with van der Waals surface area (Å²) in [6, 6.07) is 15.7. The minimum atomic E-state index is 0.000987. The Kier molecular flexibility index (Phi) is 6.76. The van der Waals surface area contributed by atoms with Gasteiger partial charge < -0.3 is 4.74 Å². The highest BCUT2D eigenvalue weighted by molar-refractivity contribution is 5.87. The van der Waals surface area contributed by atoms with Gasteiger partial charge in [-0.15, -0.1) is 0 Å². The number of rotatable bonds is 10. The maximum Gasteiger partial charge on any atom is 0.0651 e. The number of hydrogen-bond acceptors (Lipinski definition) is 1. The van der Waals surface area contributed by atoms with Crippen LogP contribution in [0.3, 0.4) is 0 Å². The van der Waals surface area contributed by atoms with Crippen molar-refractivity contribution in [1.29, 1.82) is 0 Å². The molecular weight excluding hydrogens is 328 g/mol. The van der Waals surface area contributed by atoms with E-state index in [1.165, 1.54) is 61.3 Å². The molecule has 0 saturated heterocycles. The maximum atomic E-state index is 5.91. The first-order valence-electron chi connectivity index (χ1n) is 10.9. The zero-order valence-electron chi connectivity index (χ0n) is 17.7. The van der Waals surface area contributed by atoms with Crippen LogP contribution in [-0.4, -0.2) is 12.2 Å². The smallest absolute Gasteiger partial charge is 0.0651 e. The van der Waals surface area contributed by atoms with Crippen molar-refractivity contribution in [2.24, 2.45) is 5.92 Å². The second-order valence-corrected chi connectivity index (χ2v) is 8.68. The van der Waals surface area contributed by atoms with E-state index in [-0.39, 0.29) is 5.60 Å². The molecule has 1 fully saturated rings. The lowest BCUT2D eigenvalue weighted by atomic mass is 9.87. The molecule has 1 atom stereocenters. The molecule has 2 aromatic carbocycles. The van der Waals surface area contributed by atoms with Crippen molar-refractivity contribution in [1.82, 2.24) is 0 Å². The van der Waals surface area contributed by atoms with Crippen molar-refractivity contribution >= 4 is 16.3 Å². The zero-order valence-corrected chi connectivity index (χ0v) is 17.7. The highest BCUT2D eigenvalue weighted by Crippen LogP contribution is 2.40. The van der Waals surface area contributed by atoms with Crippen LogP contribution in [0.15, 0.2) is 48.0 Å². The van der Waals surface area contributed by atoms with Gasteiger partial charge in [-0.05, 0) is 86.8 Å². The second-order valence-electron chi connectivity index (χ2n) is 8.68. The Labute approximate surface area is 165 Å². The molecule has 0 N–H and O–H groups in total. The van der Waals surface area contributed by atoms with Gasteiger partial charge in [0.15, 0.2) is 0 Å². The third kappa shape index (κ3) is 5.45. The van der Waals surface area contributed by atoms with E-state index in [9.17, 15) is 0 Å². The van der Waals surface area contributed by atoms with Gasteiger partial charge >= 0.3 is 0 Å². The van der Waals surface area contributed by atoms with Gasteiger partial charge in [-0.2, -0.15) is 0 Å². The molecule has 1 nitrogen and oxygen atoms in total. The molecule has 0 spiro atoms. The number of hydrogen-bond donors (Lipinski definition) is 0. The van der Waals surface area contributed by atoms with Crippen molar-refractivity contribution in [2.45, 2.75) is 78.2 Å². The topological polar surface area (TPSA) is 9.23 Å². The van der Waals surface area contributed by atoms with E-state index in [1.807, 2.05) is 0 Å². The van der Waals surface area contributed by atoms with Gasteiger partial charge in [0.1, 0.15) is 0 Å². The van der Waals surface area contributed by atoms with Crippen molar-refractivity contribution in [3.8, 4) is 0 Å². The summed E-state index contributed by atoms with van der Waals surface area (Å²) in [4.78, 5) is 0. The third-order valence-corrected chi connectivity index (χ3v) is 6.29.